The molecule has 0 radical (unpaired) electrons. The number of rotatable bonds is 0. The lowest BCUT2D eigenvalue weighted by atomic mass is 9.82. The minimum Gasteiger partial charge on any atom is -0.316 e. The van der Waals surface area contributed by atoms with Crippen molar-refractivity contribution in [2.45, 2.75) is 12.8 Å². The third-order valence-electron chi connectivity index (χ3n) is 2.67. The lowest BCUT2D eigenvalue weighted by molar-refractivity contribution is 0.232. The van der Waals surface area contributed by atoms with E-state index in [0.29, 0.717) is 5.41 Å². The number of hydrogen-bond acceptors (Lipinski definition) is 3. The minimum atomic E-state index is 0.598. The first-order chi connectivity index (χ1) is 5.41. The summed E-state index contributed by atoms with van der Waals surface area (Å²) < 4.78 is 0. The number of hydrogen-bond donors (Lipinski definition) is 2. The lowest BCUT2D eigenvalue weighted by Crippen LogP contribution is -2.50. The van der Waals surface area contributed by atoms with E-state index in [-0.39, 0.29) is 0 Å². The summed E-state index contributed by atoms with van der Waals surface area (Å²) >= 11 is 2.05. The van der Waals surface area contributed by atoms with Crippen LogP contribution in [-0.2, 0) is 0 Å². The first kappa shape index (κ1) is 7.90. The largest absolute Gasteiger partial charge is 0.316 e. The van der Waals surface area contributed by atoms with Gasteiger partial charge in [-0.2, -0.15) is 0 Å². The second-order valence-corrected chi connectivity index (χ2v) is 4.69. The fourth-order valence-electron chi connectivity index (χ4n) is 2.01. The average molecular weight is 172 g/mol. The van der Waals surface area contributed by atoms with Crippen LogP contribution in [0.2, 0.25) is 0 Å². The van der Waals surface area contributed by atoms with Crippen LogP contribution in [0.3, 0.4) is 0 Å². The Morgan fingerprint density at radius 3 is 2.73 bits per heavy atom. The molecular weight excluding hydrogens is 156 g/mol. The molecule has 2 N–H and O–H groups in total. The zero-order valence-corrected chi connectivity index (χ0v) is 7.67. The van der Waals surface area contributed by atoms with Crippen molar-refractivity contribution >= 4 is 11.8 Å². The van der Waals surface area contributed by atoms with E-state index in [4.69, 9.17) is 0 Å². The van der Waals surface area contributed by atoms with Crippen molar-refractivity contribution in [2.24, 2.45) is 5.41 Å². The van der Waals surface area contributed by atoms with Crippen molar-refractivity contribution in [3.63, 3.8) is 0 Å². The Bertz CT molecular complexity index is 107. The normalized spacial score (nSPS) is 39.3. The van der Waals surface area contributed by atoms with E-state index in [0.717, 1.165) is 5.88 Å². The van der Waals surface area contributed by atoms with E-state index in [2.05, 4.69) is 10.6 Å². The van der Waals surface area contributed by atoms with Gasteiger partial charge in [0.05, 0.1) is 0 Å². The summed E-state index contributed by atoms with van der Waals surface area (Å²) in [5.74, 6) is 2.51. The van der Waals surface area contributed by atoms with Crippen molar-refractivity contribution in [3.8, 4) is 0 Å². The molecule has 2 rings (SSSR count). The van der Waals surface area contributed by atoms with E-state index in [1.54, 1.807) is 0 Å². The van der Waals surface area contributed by atoms with E-state index < -0.39 is 0 Å². The van der Waals surface area contributed by atoms with E-state index in [9.17, 15) is 0 Å². The van der Waals surface area contributed by atoms with Gasteiger partial charge in [0, 0.05) is 30.1 Å². The molecule has 1 atom stereocenters. The molecule has 64 valence electrons. The Balaban J connectivity index is 1.94. The molecule has 0 aromatic rings. The molecule has 0 aromatic carbocycles. The van der Waals surface area contributed by atoms with E-state index >= 15 is 0 Å². The highest BCUT2D eigenvalue weighted by Gasteiger charge is 2.33. The summed E-state index contributed by atoms with van der Waals surface area (Å²) in [5, 5.41) is 6.96. The van der Waals surface area contributed by atoms with Gasteiger partial charge in [0.15, 0.2) is 0 Å². The van der Waals surface area contributed by atoms with Gasteiger partial charge < -0.3 is 10.6 Å². The highest BCUT2D eigenvalue weighted by atomic mass is 32.2. The van der Waals surface area contributed by atoms with Gasteiger partial charge in [-0.25, -0.2) is 0 Å². The molecule has 0 aromatic heterocycles. The van der Waals surface area contributed by atoms with Gasteiger partial charge in [-0.3, -0.25) is 0 Å². The molecule has 0 bridgehead atoms. The van der Waals surface area contributed by atoms with E-state index in [1.807, 2.05) is 11.8 Å². The van der Waals surface area contributed by atoms with Crippen LogP contribution in [0.4, 0.5) is 0 Å². The maximum absolute atomic E-state index is 3.49. The summed E-state index contributed by atoms with van der Waals surface area (Å²) in [6.07, 6.45) is 2.78. The highest BCUT2D eigenvalue weighted by Crippen LogP contribution is 2.31. The maximum Gasteiger partial charge on any atom is 0.0418 e. The standard InChI is InChI=1S/C8H16N2S/c1-2-8(4-9-3-1)5-10-7-11-6-8/h9-10H,1-7H2. The van der Waals surface area contributed by atoms with Crippen LogP contribution in [0, 0.1) is 5.41 Å². The molecule has 2 aliphatic rings. The molecule has 0 saturated carbocycles. The summed E-state index contributed by atoms with van der Waals surface area (Å²) in [6.45, 7) is 3.69. The fraction of sp³-hybridized carbons (Fsp3) is 1.00. The maximum atomic E-state index is 3.49. The van der Waals surface area contributed by atoms with Gasteiger partial charge in [-0.15, -0.1) is 11.8 Å². The smallest absolute Gasteiger partial charge is 0.0418 e. The van der Waals surface area contributed by atoms with Crippen LogP contribution < -0.4 is 10.6 Å². The highest BCUT2D eigenvalue weighted by molar-refractivity contribution is 7.99. The predicted molar refractivity (Wildman–Crippen MR) is 49.9 cm³/mol. The first-order valence-corrected chi connectivity index (χ1v) is 5.56. The van der Waals surface area contributed by atoms with Gasteiger partial charge in [0.2, 0.25) is 0 Å². The monoisotopic (exact) mass is 172 g/mol. The van der Waals surface area contributed by atoms with Gasteiger partial charge in [0.25, 0.3) is 0 Å². The number of piperidine rings is 1. The summed E-state index contributed by atoms with van der Waals surface area (Å²) in [7, 11) is 0. The summed E-state index contributed by atoms with van der Waals surface area (Å²) in [5.41, 5.74) is 0.598. The Morgan fingerprint density at radius 1 is 1.18 bits per heavy atom. The van der Waals surface area contributed by atoms with Gasteiger partial charge in [-0.1, -0.05) is 0 Å². The second-order valence-electron chi connectivity index (χ2n) is 3.70. The average Bonchev–Trinajstić information content (AvgIpc) is 2.07. The van der Waals surface area contributed by atoms with Gasteiger partial charge >= 0.3 is 0 Å². The molecule has 2 heterocycles. The fourth-order valence-corrected chi connectivity index (χ4v) is 3.14. The van der Waals surface area contributed by atoms with E-state index in [1.165, 1.54) is 38.2 Å². The molecule has 2 nitrogen and oxygen atoms in total. The van der Waals surface area contributed by atoms with Crippen LogP contribution in [0.5, 0.6) is 0 Å². The zero-order valence-electron chi connectivity index (χ0n) is 6.86. The van der Waals surface area contributed by atoms with Crippen LogP contribution in [-0.4, -0.2) is 31.3 Å². The molecule has 1 unspecified atom stereocenters. The summed E-state index contributed by atoms with van der Waals surface area (Å²) in [4.78, 5) is 0. The molecular formula is C8H16N2S. The van der Waals surface area contributed by atoms with Crippen molar-refractivity contribution in [2.75, 3.05) is 31.3 Å². The van der Waals surface area contributed by atoms with Crippen molar-refractivity contribution < 1.29 is 0 Å². The molecule has 0 aliphatic carbocycles. The Morgan fingerprint density at radius 2 is 2.09 bits per heavy atom. The molecule has 3 heteroatoms. The Kier molecular flexibility index (Phi) is 2.39. The number of thioether (sulfide) groups is 1. The van der Waals surface area contributed by atoms with Crippen LogP contribution in [0.25, 0.3) is 0 Å². The van der Waals surface area contributed by atoms with Crippen LogP contribution in [0.15, 0.2) is 0 Å². The lowest BCUT2D eigenvalue weighted by Gasteiger charge is -2.40. The van der Waals surface area contributed by atoms with Crippen LogP contribution in [0.1, 0.15) is 12.8 Å². The van der Waals surface area contributed by atoms with Gasteiger partial charge in [0.1, 0.15) is 0 Å². The predicted octanol–water partition coefficient (Wildman–Crippen LogP) is 0.650. The molecule has 2 aliphatic heterocycles. The molecule has 1 spiro atoms. The number of nitrogens with one attached hydrogen (secondary N) is 2. The Labute approximate surface area is 72.5 Å². The zero-order chi connectivity index (χ0) is 7.57. The van der Waals surface area contributed by atoms with Crippen LogP contribution >= 0.6 is 11.8 Å². The molecule has 2 fully saturated rings. The van der Waals surface area contributed by atoms with Gasteiger partial charge in [-0.05, 0) is 19.4 Å². The molecule has 11 heavy (non-hydrogen) atoms. The van der Waals surface area contributed by atoms with Crippen molar-refractivity contribution in [1.29, 1.82) is 0 Å². The van der Waals surface area contributed by atoms with Crippen molar-refractivity contribution in [3.05, 3.63) is 0 Å². The first-order valence-electron chi connectivity index (χ1n) is 4.41. The summed E-state index contributed by atoms with van der Waals surface area (Å²) in [6, 6.07) is 0. The third-order valence-corrected chi connectivity index (χ3v) is 3.90. The second kappa shape index (κ2) is 3.33. The quantitative estimate of drug-likeness (QED) is 0.561. The van der Waals surface area contributed by atoms with Crippen molar-refractivity contribution in [1.82, 2.24) is 10.6 Å². The molecule has 0 amide bonds. The SMILES string of the molecule is C1CNCC2(C1)CNCSC2. The topological polar surface area (TPSA) is 24.1 Å². The Hall–Kier alpha value is 0.270. The third kappa shape index (κ3) is 1.71. The minimum absolute atomic E-state index is 0.598. The molecule has 2 saturated heterocycles.